The smallest absolute Gasteiger partial charge is 0.331 e. The van der Waals surface area contributed by atoms with E-state index >= 15 is 0 Å². The highest BCUT2D eigenvalue weighted by Gasteiger charge is 2.16. The van der Waals surface area contributed by atoms with Crippen molar-refractivity contribution in [3.05, 3.63) is 58.3 Å². The van der Waals surface area contributed by atoms with Gasteiger partial charge in [-0.15, -0.1) is 0 Å². The summed E-state index contributed by atoms with van der Waals surface area (Å²) >= 11 is 0. The molecule has 1 aromatic heterocycles. The Morgan fingerprint density at radius 1 is 1.33 bits per heavy atom. The molecule has 0 aliphatic rings. The number of hydrogen-bond donors (Lipinski definition) is 1. The van der Waals surface area contributed by atoms with Crippen LogP contribution < -0.4 is 4.74 Å². The van der Waals surface area contributed by atoms with Crippen molar-refractivity contribution in [3.63, 3.8) is 0 Å². The number of ether oxygens (including phenoxy) is 1. The third kappa shape index (κ3) is 2.61. The third-order valence-electron chi connectivity index (χ3n) is 2.24. The minimum Gasteiger partial charge on any atom is -0.434 e. The van der Waals surface area contributed by atoms with E-state index in [0.29, 0.717) is 11.3 Å². The van der Waals surface area contributed by atoms with E-state index in [1.807, 2.05) is 0 Å². The van der Waals surface area contributed by atoms with Gasteiger partial charge in [-0.1, -0.05) is 12.1 Å². The summed E-state index contributed by atoms with van der Waals surface area (Å²) in [5, 5.41) is 19.8. The first-order valence-electron chi connectivity index (χ1n) is 5.18. The Morgan fingerprint density at radius 2 is 2.17 bits per heavy atom. The van der Waals surface area contributed by atoms with E-state index in [1.54, 1.807) is 24.3 Å². The highest BCUT2D eigenvalue weighted by Crippen LogP contribution is 2.28. The van der Waals surface area contributed by atoms with Crippen molar-refractivity contribution in [1.82, 2.24) is 4.98 Å². The maximum Gasteiger partial charge on any atom is 0.331 e. The van der Waals surface area contributed by atoms with Crippen LogP contribution in [-0.4, -0.2) is 15.0 Å². The molecular weight excluding hydrogens is 236 g/mol. The molecule has 6 nitrogen and oxygen atoms in total. The van der Waals surface area contributed by atoms with E-state index in [4.69, 9.17) is 9.84 Å². The Kier molecular flexibility index (Phi) is 3.49. The molecule has 0 radical (unpaired) electrons. The summed E-state index contributed by atoms with van der Waals surface area (Å²) in [6.45, 7) is -0.124. The number of pyridine rings is 1. The molecule has 2 rings (SSSR count). The number of nitro groups is 1. The number of aliphatic hydroxyl groups is 1. The average Bonchev–Trinajstić information content (AvgIpc) is 2.39. The van der Waals surface area contributed by atoms with Gasteiger partial charge in [0, 0.05) is 12.3 Å². The summed E-state index contributed by atoms with van der Waals surface area (Å²) in [5.74, 6) is 0.320. The maximum atomic E-state index is 10.8. The van der Waals surface area contributed by atoms with Gasteiger partial charge in [0.2, 0.25) is 0 Å². The van der Waals surface area contributed by atoms with E-state index in [1.165, 1.54) is 18.3 Å². The lowest BCUT2D eigenvalue weighted by Gasteiger charge is -2.05. The number of nitrogens with zero attached hydrogens (tertiary/aromatic N) is 2. The first kappa shape index (κ1) is 12.0. The van der Waals surface area contributed by atoms with Crippen LogP contribution in [0.15, 0.2) is 42.6 Å². The maximum absolute atomic E-state index is 10.8. The van der Waals surface area contributed by atoms with Crippen LogP contribution in [-0.2, 0) is 6.61 Å². The molecule has 0 aliphatic heterocycles. The van der Waals surface area contributed by atoms with Crippen LogP contribution >= 0.6 is 0 Å². The molecule has 0 spiro atoms. The first-order valence-corrected chi connectivity index (χ1v) is 5.18. The van der Waals surface area contributed by atoms with Crippen LogP contribution in [0.3, 0.4) is 0 Å². The predicted molar refractivity (Wildman–Crippen MR) is 63.3 cm³/mol. The molecule has 1 N–H and O–H groups in total. The Bertz CT molecular complexity index is 572. The zero-order chi connectivity index (χ0) is 13.0. The van der Waals surface area contributed by atoms with Crippen molar-refractivity contribution in [2.24, 2.45) is 0 Å². The average molecular weight is 246 g/mol. The van der Waals surface area contributed by atoms with E-state index in [9.17, 15) is 10.1 Å². The van der Waals surface area contributed by atoms with Crippen molar-refractivity contribution in [3.8, 4) is 11.6 Å². The summed E-state index contributed by atoms with van der Waals surface area (Å²) in [6.07, 6.45) is 1.41. The first-order chi connectivity index (χ1) is 8.70. The van der Waals surface area contributed by atoms with Gasteiger partial charge >= 0.3 is 5.69 Å². The van der Waals surface area contributed by atoms with Gasteiger partial charge in [-0.05, 0) is 23.8 Å². The van der Waals surface area contributed by atoms with Crippen LogP contribution in [0, 0.1) is 10.1 Å². The Hall–Kier alpha value is -2.47. The van der Waals surface area contributed by atoms with Crippen LogP contribution in [0.4, 0.5) is 5.69 Å². The molecule has 0 fully saturated rings. The quantitative estimate of drug-likeness (QED) is 0.660. The molecule has 0 aliphatic carbocycles. The molecule has 0 atom stereocenters. The standard InChI is InChI=1S/C12H10N2O4/c15-8-9-3-1-4-10(7-9)18-12-11(14(16)17)5-2-6-13-12/h1-7,15H,8H2. The summed E-state index contributed by atoms with van der Waals surface area (Å²) in [5.41, 5.74) is 0.456. The number of benzene rings is 1. The zero-order valence-electron chi connectivity index (χ0n) is 9.31. The highest BCUT2D eigenvalue weighted by molar-refractivity contribution is 5.43. The molecule has 6 heteroatoms. The zero-order valence-corrected chi connectivity index (χ0v) is 9.31. The third-order valence-corrected chi connectivity index (χ3v) is 2.24. The fourth-order valence-electron chi connectivity index (χ4n) is 1.42. The largest absolute Gasteiger partial charge is 0.434 e. The molecule has 0 bridgehead atoms. The number of aliphatic hydroxyl groups excluding tert-OH is 1. The van der Waals surface area contributed by atoms with E-state index in [2.05, 4.69) is 4.98 Å². The fourth-order valence-corrected chi connectivity index (χ4v) is 1.42. The summed E-state index contributed by atoms with van der Waals surface area (Å²) < 4.78 is 5.35. The monoisotopic (exact) mass is 246 g/mol. The Morgan fingerprint density at radius 3 is 2.89 bits per heavy atom. The van der Waals surface area contributed by atoms with Gasteiger partial charge in [0.25, 0.3) is 5.88 Å². The normalized spacial score (nSPS) is 10.1. The van der Waals surface area contributed by atoms with Gasteiger partial charge in [0.05, 0.1) is 11.5 Å². The Labute approximate surface area is 103 Å². The number of aromatic nitrogens is 1. The molecular formula is C12H10N2O4. The van der Waals surface area contributed by atoms with Crippen molar-refractivity contribution in [2.45, 2.75) is 6.61 Å². The topological polar surface area (TPSA) is 85.5 Å². The molecule has 0 saturated heterocycles. The van der Waals surface area contributed by atoms with E-state index in [0.717, 1.165) is 0 Å². The van der Waals surface area contributed by atoms with Gasteiger partial charge in [-0.2, -0.15) is 0 Å². The highest BCUT2D eigenvalue weighted by atomic mass is 16.6. The fraction of sp³-hybridized carbons (Fsp3) is 0.0833. The minimum absolute atomic E-state index is 0.0717. The second kappa shape index (κ2) is 5.24. The van der Waals surface area contributed by atoms with Crippen LogP contribution in [0.5, 0.6) is 11.6 Å². The van der Waals surface area contributed by atoms with Crippen LogP contribution in [0.1, 0.15) is 5.56 Å². The molecule has 0 saturated carbocycles. The summed E-state index contributed by atoms with van der Waals surface area (Å²) in [4.78, 5) is 14.0. The second-order valence-corrected chi connectivity index (χ2v) is 3.49. The van der Waals surface area contributed by atoms with Crippen molar-refractivity contribution in [2.75, 3.05) is 0 Å². The molecule has 18 heavy (non-hydrogen) atoms. The van der Waals surface area contributed by atoms with Crippen LogP contribution in [0.25, 0.3) is 0 Å². The molecule has 92 valence electrons. The lowest BCUT2D eigenvalue weighted by Crippen LogP contribution is -1.95. The van der Waals surface area contributed by atoms with Crippen LogP contribution in [0.2, 0.25) is 0 Å². The summed E-state index contributed by atoms with van der Waals surface area (Å²) in [7, 11) is 0. The second-order valence-electron chi connectivity index (χ2n) is 3.49. The van der Waals surface area contributed by atoms with E-state index < -0.39 is 4.92 Å². The minimum atomic E-state index is -0.557. The predicted octanol–water partition coefficient (Wildman–Crippen LogP) is 2.27. The molecule has 0 amide bonds. The van der Waals surface area contributed by atoms with Crippen molar-refractivity contribution in [1.29, 1.82) is 0 Å². The van der Waals surface area contributed by atoms with E-state index in [-0.39, 0.29) is 18.2 Å². The number of hydrogen-bond acceptors (Lipinski definition) is 5. The SMILES string of the molecule is O=[N+]([O-])c1cccnc1Oc1cccc(CO)c1. The van der Waals surface area contributed by atoms with Gasteiger partial charge in [0.15, 0.2) is 0 Å². The van der Waals surface area contributed by atoms with Crippen molar-refractivity contribution < 1.29 is 14.8 Å². The molecule has 2 aromatic rings. The molecule has 1 heterocycles. The lowest BCUT2D eigenvalue weighted by molar-refractivity contribution is -0.386. The van der Waals surface area contributed by atoms with Gasteiger partial charge < -0.3 is 9.84 Å². The van der Waals surface area contributed by atoms with Crippen molar-refractivity contribution >= 4 is 5.69 Å². The van der Waals surface area contributed by atoms with Gasteiger partial charge in [0.1, 0.15) is 5.75 Å². The lowest BCUT2D eigenvalue weighted by atomic mass is 10.2. The Balaban J connectivity index is 2.31. The molecule has 0 unspecified atom stereocenters. The van der Waals surface area contributed by atoms with Gasteiger partial charge in [-0.25, -0.2) is 4.98 Å². The van der Waals surface area contributed by atoms with Gasteiger partial charge in [-0.3, -0.25) is 10.1 Å². The summed E-state index contributed by atoms with van der Waals surface area (Å²) in [6, 6.07) is 9.43. The molecule has 1 aromatic carbocycles. The number of rotatable bonds is 4.